The van der Waals surface area contributed by atoms with Gasteiger partial charge in [-0.05, 0) is 31.4 Å². The number of rotatable bonds is 5. The van der Waals surface area contributed by atoms with Gasteiger partial charge in [0.05, 0.1) is 6.54 Å². The number of aliphatic hydroxyl groups is 1. The maximum absolute atomic E-state index is 11.4. The predicted octanol–water partition coefficient (Wildman–Crippen LogP) is 0.546. The fraction of sp³-hybridized carbons (Fsp3) is 0.375. The molecule has 2 aromatic heterocycles. The molecular formula is C16H19N5O2. The van der Waals surface area contributed by atoms with Gasteiger partial charge in [0.25, 0.3) is 0 Å². The lowest BCUT2D eigenvalue weighted by atomic mass is 10.2. The molecule has 2 heterocycles. The number of anilines is 1. The lowest BCUT2D eigenvalue weighted by Crippen LogP contribution is -2.37. The molecule has 0 radical (unpaired) electrons. The Labute approximate surface area is 134 Å². The van der Waals surface area contributed by atoms with Gasteiger partial charge in [0.2, 0.25) is 5.91 Å². The molecular weight excluding hydrogens is 294 g/mol. The second-order valence-corrected chi connectivity index (χ2v) is 5.43. The van der Waals surface area contributed by atoms with Gasteiger partial charge in [0, 0.05) is 36.3 Å². The Balaban J connectivity index is 1.87. The van der Waals surface area contributed by atoms with E-state index in [1.807, 2.05) is 12.1 Å². The van der Waals surface area contributed by atoms with Gasteiger partial charge in [-0.3, -0.25) is 9.78 Å². The van der Waals surface area contributed by atoms with E-state index in [1.54, 1.807) is 12.4 Å². The fourth-order valence-electron chi connectivity index (χ4n) is 2.66. The van der Waals surface area contributed by atoms with E-state index in [1.165, 1.54) is 7.05 Å². The van der Waals surface area contributed by atoms with E-state index in [-0.39, 0.29) is 6.54 Å². The molecule has 0 aliphatic heterocycles. The largest absolute Gasteiger partial charge is 0.381 e. The number of aromatic nitrogens is 3. The summed E-state index contributed by atoms with van der Waals surface area (Å²) in [7, 11) is 1.49. The normalized spacial score (nSPS) is 14.2. The van der Waals surface area contributed by atoms with Crippen LogP contribution in [0.15, 0.2) is 24.5 Å². The van der Waals surface area contributed by atoms with E-state index >= 15 is 0 Å². The minimum Gasteiger partial charge on any atom is -0.381 e. The van der Waals surface area contributed by atoms with Crippen molar-refractivity contribution in [3.8, 4) is 11.4 Å². The minimum atomic E-state index is -1.12. The van der Waals surface area contributed by atoms with Crippen molar-refractivity contribution < 1.29 is 9.90 Å². The molecule has 0 fully saturated rings. The molecule has 3 N–H and O–H groups in total. The molecule has 0 saturated heterocycles. The van der Waals surface area contributed by atoms with E-state index in [0.717, 1.165) is 36.1 Å². The third kappa shape index (κ3) is 3.29. The van der Waals surface area contributed by atoms with Crippen molar-refractivity contribution in [1.82, 2.24) is 20.3 Å². The first kappa shape index (κ1) is 15.4. The van der Waals surface area contributed by atoms with E-state index in [9.17, 15) is 9.90 Å². The third-order valence-corrected chi connectivity index (χ3v) is 3.86. The molecule has 0 spiro atoms. The second kappa shape index (κ2) is 6.70. The Hall–Kier alpha value is -2.54. The number of fused-ring (bicyclic) bond motifs is 1. The number of hydrogen-bond acceptors (Lipinski definition) is 6. The van der Waals surface area contributed by atoms with Crippen LogP contribution < -0.4 is 10.6 Å². The molecule has 1 amide bonds. The molecule has 1 atom stereocenters. The maximum Gasteiger partial charge on any atom is 0.250 e. The first-order chi connectivity index (χ1) is 11.2. The standard InChI is InChI=1S/C16H19N5O2/c1-17-16(23)13(22)9-19-15-11-5-2-6-12(11)20-14(21-15)10-4-3-7-18-8-10/h3-4,7-8,13,22H,2,5-6,9H2,1H3,(H,17,23)(H,19,20,21). The van der Waals surface area contributed by atoms with Gasteiger partial charge >= 0.3 is 0 Å². The summed E-state index contributed by atoms with van der Waals surface area (Å²) in [6, 6.07) is 3.75. The second-order valence-electron chi connectivity index (χ2n) is 5.43. The van der Waals surface area contributed by atoms with E-state index in [2.05, 4.69) is 25.6 Å². The number of pyridine rings is 1. The summed E-state index contributed by atoms with van der Waals surface area (Å²) in [5, 5.41) is 15.3. The number of likely N-dealkylation sites (N-methyl/N-ethyl adjacent to an activating group) is 1. The van der Waals surface area contributed by atoms with Crippen LogP contribution in [0.3, 0.4) is 0 Å². The van der Waals surface area contributed by atoms with E-state index < -0.39 is 12.0 Å². The zero-order valence-corrected chi connectivity index (χ0v) is 12.9. The first-order valence-electron chi connectivity index (χ1n) is 7.62. The van der Waals surface area contributed by atoms with Crippen molar-refractivity contribution in [3.63, 3.8) is 0 Å². The van der Waals surface area contributed by atoms with Gasteiger partial charge in [0.1, 0.15) is 11.9 Å². The van der Waals surface area contributed by atoms with E-state index in [4.69, 9.17) is 0 Å². The number of hydrogen-bond donors (Lipinski definition) is 3. The smallest absolute Gasteiger partial charge is 0.250 e. The summed E-state index contributed by atoms with van der Waals surface area (Å²) in [4.78, 5) is 24.7. The molecule has 0 aromatic carbocycles. The van der Waals surface area contributed by atoms with Crippen molar-refractivity contribution in [1.29, 1.82) is 0 Å². The van der Waals surface area contributed by atoms with Crippen LogP contribution in [0.2, 0.25) is 0 Å². The maximum atomic E-state index is 11.4. The monoisotopic (exact) mass is 313 g/mol. The average Bonchev–Trinajstić information content (AvgIpc) is 3.08. The van der Waals surface area contributed by atoms with Crippen molar-refractivity contribution in [2.45, 2.75) is 25.4 Å². The van der Waals surface area contributed by atoms with Crippen molar-refractivity contribution in [3.05, 3.63) is 35.8 Å². The Bertz CT molecular complexity index is 705. The molecule has 3 rings (SSSR count). The Morgan fingerprint density at radius 2 is 2.26 bits per heavy atom. The number of carbonyl (C=O) groups excluding carboxylic acids is 1. The zero-order chi connectivity index (χ0) is 16.2. The molecule has 1 aliphatic carbocycles. The molecule has 0 saturated carbocycles. The summed E-state index contributed by atoms with van der Waals surface area (Å²) < 4.78 is 0. The first-order valence-corrected chi connectivity index (χ1v) is 7.62. The fourth-order valence-corrected chi connectivity index (χ4v) is 2.66. The lowest BCUT2D eigenvalue weighted by Gasteiger charge is -2.14. The van der Waals surface area contributed by atoms with Crippen LogP contribution in [0.4, 0.5) is 5.82 Å². The van der Waals surface area contributed by atoms with Crippen LogP contribution in [-0.4, -0.2) is 45.7 Å². The SMILES string of the molecule is CNC(=O)C(O)CNc1nc(-c2cccnc2)nc2c1CCC2. The zero-order valence-electron chi connectivity index (χ0n) is 12.9. The molecule has 0 bridgehead atoms. The van der Waals surface area contributed by atoms with Crippen molar-refractivity contribution in [2.75, 3.05) is 18.9 Å². The van der Waals surface area contributed by atoms with Gasteiger partial charge in [-0.15, -0.1) is 0 Å². The highest BCUT2D eigenvalue weighted by Gasteiger charge is 2.21. The highest BCUT2D eigenvalue weighted by molar-refractivity contribution is 5.80. The highest BCUT2D eigenvalue weighted by Crippen LogP contribution is 2.28. The Kier molecular flexibility index (Phi) is 4.47. The number of amides is 1. The molecule has 7 heteroatoms. The molecule has 120 valence electrons. The van der Waals surface area contributed by atoms with Crippen LogP contribution in [0.1, 0.15) is 17.7 Å². The number of carbonyl (C=O) groups is 1. The summed E-state index contributed by atoms with van der Waals surface area (Å²) in [6.07, 6.45) is 5.16. The third-order valence-electron chi connectivity index (χ3n) is 3.86. The summed E-state index contributed by atoms with van der Waals surface area (Å²) in [5.74, 6) is 0.876. The lowest BCUT2D eigenvalue weighted by molar-refractivity contribution is -0.128. The quantitative estimate of drug-likeness (QED) is 0.745. The van der Waals surface area contributed by atoms with Crippen LogP contribution in [0, 0.1) is 0 Å². The topological polar surface area (TPSA) is 100 Å². The summed E-state index contributed by atoms with van der Waals surface area (Å²) in [5.41, 5.74) is 2.94. The van der Waals surface area contributed by atoms with Crippen LogP contribution in [0.5, 0.6) is 0 Å². The van der Waals surface area contributed by atoms with Gasteiger partial charge in [-0.2, -0.15) is 0 Å². The van der Waals surface area contributed by atoms with Crippen molar-refractivity contribution >= 4 is 11.7 Å². The van der Waals surface area contributed by atoms with Crippen LogP contribution in [-0.2, 0) is 17.6 Å². The molecule has 1 aliphatic rings. The van der Waals surface area contributed by atoms with Gasteiger partial charge < -0.3 is 15.7 Å². The van der Waals surface area contributed by atoms with Crippen LogP contribution in [0.25, 0.3) is 11.4 Å². The Morgan fingerprint density at radius 1 is 1.39 bits per heavy atom. The number of nitrogens with one attached hydrogen (secondary N) is 2. The van der Waals surface area contributed by atoms with E-state index in [0.29, 0.717) is 11.6 Å². The number of aliphatic hydroxyl groups excluding tert-OH is 1. The number of nitrogens with zero attached hydrogens (tertiary/aromatic N) is 3. The van der Waals surface area contributed by atoms with Gasteiger partial charge in [0.15, 0.2) is 5.82 Å². The highest BCUT2D eigenvalue weighted by atomic mass is 16.3. The Morgan fingerprint density at radius 3 is 3.00 bits per heavy atom. The predicted molar refractivity (Wildman–Crippen MR) is 85.9 cm³/mol. The average molecular weight is 313 g/mol. The molecule has 2 aromatic rings. The minimum absolute atomic E-state index is 0.107. The molecule has 1 unspecified atom stereocenters. The van der Waals surface area contributed by atoms with Gasteiger partial charge in [-0.1, -0.05) is 0 Å². The molecule has 7 nitrogen and oxygen atoms in total. The molecule has 23 heavy (non-hydrogen) atoms. The summed E-state index contributed by atoms with van der Waals surface area (Å²) >= 11 is 0. The van der Waals surface area contributed by atoms with Crippen molar-refractivity contribution in [2.24, 2.45) is 0 Å². The van der Waals surface area contributed by atoms with Gasteiger partial charge in [-0.25, -0.2) is 9.97 Å². The number of aryl methyl sites for hydroxylation is 1. The van der Waals surface area contributed by atoms with Crippen LogP contribution >= 0.6 is 0 Å². The summed E-state index contributed by atoms with van der Waals surface area (Å²) in [6.45, 7) is 0.107.